The number of methoxy groups -OCH3 is 2. The van der Waals surface area contributed by atoms with E-state index in [-0.39, 0.29) is 30.7 Å². The second kappa shape index (κ2) is 8.21. The maximum absolute atomic E-state index is 12.4. The highest BCUT2D eigenvalue weighted by Crippen LogP contribution is 2.25. The number of carbonyl (C=O) groups excluding carboxylic acids is 1. The zero-order chi connectivity index (χ0) is 21.1. The molecular weight excluding hydrogens is 380 g/mol. The van der Waals surface area contributed by atoms with Gasteiger partial charge in [-0.3, -0.25) is 18.7 Å². The van der Waals surface area contributed by atoms with Gasteiger partial charge in [-0.25, -0.2) is 9.78 Å². The topological polar surface area (TPSA) is 107 Å². The Morgan fingerprint density at radius 2 is 1.86 bits per heavy atom. The molecule has 0 unspecified atom stereocenters. The Bertz CT molecular complexity index is 1170. The second-order valence-electron chi connectivity index (χ2n) is 6.39. The monoisotopic (exact) mass is 402 g/mol. The molecule has 154 valence electrons. The van der Waals surface area contributed by atoms with Gasteiger partial charge in [0, 0.05) is 25.7 Å². The first kappa shape index (κ1) is 20.2. The van der Waals surface area contributed by atoms with Crippen molar-refractivity contribution in [2.45, 2.75) is 13.0 Å². The van der Waals surface area contributed by atoms with Crippen molar-refractivity contribution in [2.24, 2.45) is 14.1 Å². The quantitative estimate of drug-likeness (QED) is 0.521. The second-order valence-corrected chi connectivity index (χ2v) is 6.39. The number of hydrogen-bond acceptors (Lipinski definition) is 7. The normalized spacial score (nSPS) is 10.9. The van der Waals surface area contributed by atoms with Crippen LogP contribution < -0.4 is 20.7 Å². The van der Waals surface area contributed by atoms with Crippen molar-refractivity contribution in [2.75, 3.05) is 20.8 Å². The molecule has 0 fully saturated rings. The zero-order valence-electron chi connectivity index (χ0n) is 16.7. The Morgan fingerprint density at radius 1 is 1.10 bits per heavy atom. The SMILES string of the molecule is COc1ccc(CC(=O)OCCn2cnc3c2c(=O)n(C)c(=O)n3C)c(OC)c1. The molecule has 3 aromatic rings. The van der Waals surface area contributed by atoms with Crippen LogP contribution in [0.2, 0.25) is 0 Å². The van der Waals surface area contributed by atoms with E-state index in [0.29, 0.717) is 17.1 Å². The fraction of sp³-hybridized carbons (Fsp3) is 0.368. The highest BCUT2D eigenvalue weighted by molar-refractivity contribution is 5.74. The molecule has 2 aromatic heterocycles. The van der Waals surface area contributed by atoms with Gasteiger partial charge >= 0.3 is 11.7 Å². The van der Waals surface area contributed by atoms with Gasteiger partial charge in [-0.15, -0.1) is 0 Å². The fourth-order valence-corrected chi connectivity index (χ4v) is 3.03. The summed E-state index contributed by atoms with van der Waals surface area (Å²) in [5.41, 5.74) is 0.340. The van der Waals surface area contributed by atoms with Crippen molar-refractivity contribution in [1.29, 1.82) is 0 Å². The predicted octanol–water partition coefficient (Wildman–Crippen LogP) is 0.237. The lowest BCUT2D eigenvalue weighted by Gasteiger charge is -2.11. The Hall–Kier alpha value is -3.56. The van der Waals surface area contributed by atoms with Gasteiger partial charge in [-0.2, -0.15) is 0 Å². The van der Waals surface area contributed by atoms with Crippen LogP contribution in [0.3, 0.4) is 0 Å². The van der Waals surface area contributed by atoms with Crippen LogP contribution in [0.15, 0.2) is 34.1 Å². The van der Waals surface area contributed by atoms with Gasteiger partial charge in [0.25, 0.3) is 5.56 Å². The van der Waals surface area contributed by atoms with Gasteiger partial charge in [-0.05, 0) is 6.07 Å². The maximum atomic E-state index is 12.4. The molecule has 0 bridgehead atoms. The van der Waals surface area contributed by atoms with E-state index in [1.807, 2.05) is 0 Å². The van der Waals surface area contributed by atoms with Gasteiger partial charge < -0.3 is 18.8 Å². The molecular formula is C19H22N4O6. The molecule has 2 heterocycles. The van der Waals surface area contributed by atoms with Crippen molar-refractivity contribution in [3.8, 4) is 11.5 Å². The standard InChI is InChI=1S/C19H22N4O6/c1-21-17-16(18(25)22(2)19(21)26)23(11-20-17)7-8-29-15(24)9-12-5-6-13(27-3)10-14(12)28-4/h5-6,10-11H,7-9H2,1-4H3. The Morgan fingerprint density at radius 3 is 2.55 bits per heavy atom. The summed E-state index contributed by atoms with van der Waals surface area (Å²) < 4.78 is 19.6. The minimum absolute atomic E-state index is 0.0358. The summed E-state index contributed by atoms with van der Waals surface area (Å²) in [6, 6.07) is 5.18. The van der Waals surface area contributed by atoms with Crippen molar-refractivity contribution < 1.29 is 19.0 Å². The van der Waals surface area contributed by atoms with Gasteiger partial charge in [0.05, 0.1) is 33.5 Å². The van der Waals surface area contributed by atoms with Gasteiger partial charge in [0.1, 0.15) is 18.1 Å². The molecule has 29 heavy (non-hydrogen) atoms. The summed E-state index contributed by atoms with van der Waals surface area (Å²) in [5.74, 6) is 0.728. The number of fused-ring (bicyclic) bond motifs is 1. The summed E-state index contributed by atoms with van der Waals surface area (Å²) in [7, 11) is 6.02. The molecule has 0 amide bonds. The minimum Gasteiger partial charge on any atom is -0.497 e. The summed E-state index contributed by atoms with van der Waals surface area (Å²) in [6.07, 6.45) is 1.49. The van der Waals surface area contributed by atoms with E-state index in [9.17, 15) is 14.4 Å². The van der Waals surface area contributed by atoms with Crippen LogP contribution in [0.1, 0.15) is 5.56 Å². The number of aromatic nitrogens is 4. The third-order valence-corrected chi connectivity index (χ3v) is 4.64. The van der Waals surface area contributed by atoms with Crippen LogP contribution in [0.4, 0.5) is 0 Å². The van der Waals surface area contributed by atoms with Crippen molar-refractivity contribution in [3.63, 3.8) is 0 Å². The van der Waals surface area contributed by atoms with E-state index < -0.39 is 17.2 Å². The fourth-order valence-electron chi connectivity index (χ4n) is 3.03. The van der Waals surface area contributed by atoms with Crippen LogP contribution in [0.25, 0.3) is 11.2 Å². The van der Waals surface area contributed by atoms with E-state index in [0.717, 1.165) is 4.57 Å². The third kappa shape index (κ3) is 3.86. The van der Waals surface area contributed by atoms with Crippen LogP contribution in [-0.2, 0) is 36.6 Å². The maximum Gasteiger partial charge on any atom is 0.332 e. The molecule has 0 spiro atoms. The molecule has 0 aliphatic heterocycles. The number of esters is 1. The highest BCUT2D eigenvalue weighted by atomic mass is 16.5. The predicted molar refractivity (Wildman–Crippen MR) is 104 cm³/mol. The van der Waals surface area contributed by atoms with Gasteiger partial charge in [0.15, 0.2) is 11.2 Å². The van der Waals surface area contributed by atoms with E-state index in [4.69, 9.17) is 14.2 Å². The molecule has 0 atom stereocenters. The molecule has 0 saturated carbocycles. The molecule has 3 rings (SSSR count). The molecule has 0 N–H and O–H groups in total. The number of hydrogen-bond donors (Lipinski definition) is 0. The van der Waals surface area contributed by atoms with Gasteiger partial charge in [0.2, 0.25) is 0 Å². The first-order valence-electron chi connectivity index (χ1n) is 8.84. The number of aryl methyl sites for hydroxylation is 1. The van der Waals surface area contributed by atoms with E-state index in [1.54, 1.807) is 36.9 Å². The third-order valence-electron chi connectivity index (χ3n) is 4.64. The van der Waals surface area contributed by atoms with Crippen molar-refractivity contribution in [3.05, 3.63) is 50.9 Å². The molecule has 10 heteroatoms. The first-order valence-corrected chi connectivity index (χ1v) is 8.84. The highest BCUT2D eigenvalue weighted by Gasteiger charge is 2.15. The molecule has 10 nitrogen and oxygen atoms in total. The lowest BCUT2D eigenvalue weighted by molar-refractivity contribution is -0.143. The van der Waals surface area contributed by atoms with Crippen LogP contribution >= 0.6 is 0 Å². The van der Waals surface area contributed by atoms with E-state index >= 15 is 0 Å². The van der Waals surface area contributed by atoms with Crippen LogP contribution in [0, 0.1) is 0 Å². The van der Waals surface area contributed by atoms with Crippen LogP contribution in [-0.4, -0.2) is 45.5 Å². The minimum atomic E-state index is -0.451. The Balaban J connectivity index is 1.69. The van der Waals surface area contributed by atoms with Crippen molar-refractivity contribution in [1.82, 2.24) is 18.7 Å². The molecule has 0 aliphatic rings. The molecule has 0 radical (unpaired) electrons. The number of carbonyl (C=O) groups is 1. The van der Waals surface area contributed by atoms with E-state index in [1.165, 1.54) is 25.1 Å². The number of nitrogens with zero attached hydrogens (tertiary/aromatic N) is 4. The average molecular weight is 402 g/mol. The van der Waals surface area contributed by atoms with Crippen LogP contribution in [0.5, 0.6) is 11.5 Å². The summed E-state index contributed by atoms with van der Waals surface area (Å²) in [6.45, 7) is 0.282. The number of rotatable bonds is 7. The average Bonchev–Trinajstić information content (AvgIpc) is 3.15. The Labute approximate surface area is 165 Å². The molecule has 1 aromatic carbocycles. The lowest BCUT2D eigenvalue weighted by Crippen LogP contribution is -2.37. The summed E-state index contributed by atoms with van der Waals surface area (Å²) in [4.78, 5) is 40.7. The molecule has 0 saturated heterocycles. The Kier molecular flexibility index (Phi) is 5.71. The number of imidazole rings is 1. The molecule has 0 aliphatic carbocycles. The smallest absolute Gasteiger partial charge is 0.332 e. The van der Waals surface area contributed by atoms with Gasteiger partial charge in [-0.1, -0.05) is 6.07 Å². The van der Waals surface area contributed by atoms with E-state index in [2.05, 4.69) is 4.98 Å². The van der Waals surface area contributed by atoms with Crippen molar-refractivity contribution >= 4 is 17.1 Å². The summed E-state index contributed by atoms with van der Waals surface area (Å²) >= 11 is 0. The number of ether oxygens (including phenoxy) is 3. The largest absolute Gasteiger partial charge is 0.497 e. The number of benzene rings is 1. The lowest BCUT2D eigenvalue weighted by atomic mass is 10.1. The first-order chi connectivity index (χ1) is 13.9. The summed E-state index contributed by atoms with van der Waals surface area (Å²) in [5, 5.41) is 0. The zero-order valence-corrected chi connectivity index (χ0v) is 16.7.